The van der Waals surface area contributed by atoms with Gasteiger partial charge in [0, 0.05) is 16.5 Å². The highest BCUT2D eigenvalue weighted by Gasteiger charge is 2.40. The Labute approximate surface area is 155 Å². The molecule has 27 heavy (non-hydrogen) atoms. The van der Waals surface area contributed by atoms with Crippen molar-refractivity contribution in [2.45, 2.75) is 12.8 Å². The molecule has 2 aromatic carbocycles. The van der Waals surface area contributed by atoms with Gasteiger partial charge in [-0.2, -0.15) is 0 Å². The maximum absolute atomic E-state index is 13.5. The standard InChI is InChI=1S/C22H16FNO3/c1-12(2)11-27-18-5-3-4-13-6-9-17(24-20(13)18)19-21(25)15-8-7-14(23)10-16(15)22(19)26/h3-10,19H,1,11H2,2H3. The number of ketones is 2. The third-order valence-corrected chi connectivity index (χ3v) is 4.51. The molecule has 0 amide bonds. The fourth-order valence-electron chi connectivity index (χ4n) is 3.25. The van der Waals surface area contributed by atoms with Crippen LogP contribution in [0.15, 0.2) is 60.7 Å². The number of aromatic nitrogens is 1. The first kappa shape index (κ1) is 17.1. The summed E-state index contributed by atoms with van der Waals surface area (Å²) in [7, 11) is 0. The van der Waals surface area contributed by atoms with Crippen molar-refractivity contribution < 1.29 is 18.7 Å². The second-order valence-electron chi connectivity index (χ2n) is 6.66. The van der Waals surface area contributed by atoms with Crippen molar-refractivity contribution in [2.75, 3.05) is 6.61 Å². The summed E-state index contributed by atoms with van der Waals surface area (Å²) in [4.78, 5) is 30.0. The van der Waals surface area contributed by atoms with Crippen molar-refractivity contribution in [3.8, 4) is 5.75 Å². The molecule has 4 nitrogen and oxygen atoms in total. The van der Waals surface area contributed by atoms with Crippen LogP contribution in [-0.2, 0) is 0 Å². The zero-order chi connectivity index (χ0) is 19.1. The van der Waals surface area contributed by atoms with E-state index in [2.05, 4.69) is 11.6 Å². The van der Waals surface area contributed by atoms with Crippen molar-refractivity contribution in [3.05, 3.63) is 83.3 Å². The number of para-hydroxylation sites is 1. The van der Waals surface area contributed by atoms with Gasteiger partial charge in [0.05, 0.1) is 5.69 Å². The van der Waals surface area contributed by atoms with Gasteiger partial charge in [-0.15, -0.1) is 0 Å². The van der Waals surface area contributed by atoms with E-state index in [9.17, 15) is 14.0 Å². The molecule has 3 aromatic rings. The molecule has 4 rings (SSSR count). The summed E-state index contributed by atoms with van der Waals surface area (Å²) in [5.74, 6) is -1.83. The molecule has 0 saturated carbocycles. The van der Waals surface area contributed by atoms with E-state index in [0.29, 0.717) is 23.6 Å². The van der Waals surface area contributed by atoms with Gasteiger partial charge >= 0.3 is 0 Å². The predicted molar refractivity (Wildman–Crippen MR) is 99.9 cm³/mol. The van der Waals surface area contributed by atoms with Crippen LogP contribution in [0.1, 0.15) is 39.3 Å². The predicted octanol–water partition coefficient (Wildman–Crippen LogP) is 4.49. The van der Waals surface area contributed by atoms with E-state index in [4.69, 9.17) is 4.74 Å². The van der Waals surface area contributed by atoms with Gasteiger partial charge in [-0.1, -0.05) is 24.8 Å². The lowest BCUT2D eigenvalue weighted by Crippen LogP contribution is -2.14. The second-order valence-corrected chi connectivity index (χ2v) is 6.66. The smallest absolute Gasteiger partial charge is 0.180 e. The van der Waals surface area contributed by atoms with E-state index in [1.54, 1.807) is 18.2 Å². The first-order chi connectivity index (χ1) is 13.0. The van der Waals surface area contributed by atoms with E-state index in [-0.39, 0.29) is 16.9 Å². The molecule has 0 bridgehead atoms. The minimum Gasteiger partial charge on any atom is -0.487 e. The Bertz CT molecular complexity index is 1120. The Morgan fingerprint density at radius 1 is 1.11 bits per heavy atom. The normalized spacial score (nSPS) is 15.9. The molecule has 134 valence electrons. The third-order valence-electron chi connectivity index (χ3n) is 4.51. The van der Waals surface area contributed by atoms with Crippen LogP contribution in [0.4, 0.5) is 4.39 Å². The first-order valence-electron chi connectivity index (χ1n) is 8.50. The van der Waals surface area contributed by atoms with Gasteiger partial charge in [0.1, 0.15) is 29.6 Å². The van der Waals surface area contributed by atoms with Crippen LogP contribution in [0, 0.1) is 5.82 Å². The fraction of sp³-hybridized carbons (Fsp3) is 0.136. The highest BCUT2D eigenvalue weighted by Crippen LogP contribution is 2.35. The Balaban J connectivity index is 1.78. The average Bonchev–Trinajstić information content (AvgIpc) is 2.89. The number of rotatable bonds is 4. The molecule has 1 aliphatic carbocycles. The van der Waals surface area contributed by atoms with Gasteiger partial charge in [0.2, 0.25) is 0 Å². The summed E-state index contributed by atoms with van der Waals surface area (Å²) in [6.07, 6.45) is 0. The van der Waals surface area contributed by atoms with E-state index >= 15 is 0 Å². The maximum atomic E-state index is 13.5. The summed E-state index contributed by atoms with van der Waals surface area (Å²) < 4.78 is 19.2. The fourth-order valence-corrected chi connectivity index (χ4v) is 3.25. The molecule has 1 aliphatic rings. The zero-order valence-corrected chi connectivity index (χ0v) is 14.7. The lowest BCUT2D eigenvalue weighted by atomic mass is 9.98. The number of fused-ring (bicyclic) bond motifs is 2. The van der Waals surface area contributed by atoms with Gasteiger partial charge < -0.3 is 4.74 Å². The van der Waals surface area contributed by atoms with E-state index in [1.165, 1.54) is 12.1 Å². The molecule has 0 N–H and O–H groups in total. The van der Waals surface area contributed by atoms with Crippen molar-refractivity contribution >= 4 is 22.5 Å². The number of hydrogen-bond donors (Lipinski definition) is 0. The minimum absolute atomic E-state index is 0.110. The molecule has 0 saturated heterocycles. The van der Waals surface area contributed by atoms with Gasteiger partial charge in [-0.3, -0.25) is 9.59 Å². The van der Waals surface area contributed by atoms with Gasteiger partial charge in [-0.05, 0) is 42.8 Å². The lowest BCUT2D eigenvalue weighted by Gasteiger charge is -2.11. The molecule has 1 heterocycles. The topological polar surface area (TPSA) is 56.3 Å². The largest absolute Gasteiger partial charge is 0.487 e. The highest BCUT2D eigenvalue weighted by atomic mass is 19.1. The molecule has 0 aliphatic heterocycles. The van der Waals surface area contributed by atoms with Crippen LogP contribution in [0.5, 0.6) is 5.75 Å². The summed E-state index contributed by atoms with van der Waals surface area (Å²) in [6.45, 7) is 6.02. The van der Waals surface area contributed by atoms with Crippen LogP contribution >= 0.6 is 0 Å². The summed E-state index contributed by atoms with van der Waals surface area (Å²) in [5, 5.41) is 0.833. The minimum atomic E-state index is -1.06. The van der Waals surface area contributed by atoms with Crippen molar-refractivity contribution in [3.63, 3.8) is 0 Å². The molecular weight excluding hydrogens is 345 g/mol. The number of benzene rings is 2. The Morgan fingerprint density at radius 3 is 2.67 bits per heavy atom. The molecule has 0 spiro atoms. The van der Waals surface area contributed by atoms with Crippen LogP contribution in [0.2, 0.25) is 0 Å². The summed E-state index contributed by atoms with van der Waals surface area (Å²) >= 11 is 0. The molecule has 0 fully saturated rings. The molecule has 1 aromatic heterocycles. The molecule has 5 heteroatoms. The second kappa shape index (κ2) is 6.43. The van der Waals surface area contributed by atoms with Crippen molar-refractivity contribution in [1.29, 1.82) is 0 Å². The summed E-state index contributed by atoms with van der Waals surface area (Å²) in [5.41, 5.74) is 2.11. The number of hydrogen-bond acceptors (Lipinski definition) is 4. The number of ether oxygens (including phenoxy) is 1. The Morgan fingerprint density at radius 2 is 1.89 bits per heavy atom. The first-order valence-corrected chi connectivity index (χ1v) is 8.50. The van der Waals surface area contributed by atoms with E-state index < -0.39 is 17.5 Å². The van der Waals surface area contributed by atoms with Gasteiger partial charge in [0.25, 0.3) is 0 Å². The lowest BCUT2D eigenvalue weighted by molar-refractivity contribution is 0.0888. The molecule has 1 atom stereocenters. The molecule has 1 unspecified atom stereocenters. The maximum Gasteiger partial charge on any atom is 0.180 e. The van der Waals surface area contributed by atoms with Crippen LogP contribution in [0.3, 0.4) is 0 Å². The average molecular weight is 361 g/mol. The SMILES string of the molecule is C=C(C)COc1cccc2ccc(C3C(=O)c4ccc(F)cc4C3=O)nc12. The monoisotopic (exact) mass is 361 g/mol. The van der Waals surface area contributed by atoms with E-state index in [0.717, 1.165) is 17.0 Å². The third kappa shape index (κ3) is 2.91. The Hall–Kier alpha value is -3.34. The van der Waals surface area contributed by atoms with Gasteiger partial charge in [-0.25, -0.2) is 9.37 Å². The molecule has 0 radical (unpaired) electrons. The van der Waals surface area contributed by atoms with Crippen molar-refractivity contribution in [1.82, 2.24) is 4.98 Å². The van der Waals surface area contributed by atoms with E-state index in [1.807, 2.05) is 19.1 Å². The highest BCUT2D eigenvalue weighted by molar-refractivity contribution is 6.29. The number of carbonyl (C=O) groups is 2. The van der Waals surface area contributed by atoms with Crippen LogP contribution < -0.4 is 4.74 Å². The number of halogens is 1. The zero-order valence-electron chi connectivity index (χ0n) is 14.7. The number of pyridine rings is 1. The van der Waals surface area contributed by atoms with Crippen LogP contribution in [-0.4, -0.2) is 23.2 Å². The van der Waals surface area contributed by atoms with Crippen molar-refractivity contribution in [2.24, 2.45) is 0 Å². The number of carbonyl (C=O) groups excluding carboxylic acids is 2. The quantitative estimate of drug-likeness (QED) is 0.507. The molecular formula is C22H16FNO3. The Kier molecular flexibility index (Phi) is 4.07. The van der Waals surface area contributed by atoms with Gasteiger partial charge in [0.15, 0.2) is 11.6 Å². The number of Topliss-reactive ketones (excluding diaryl/α,β-unsaturated/α-hetero) is 2. The summed E-state index contributed by atoms with van der Waals surface area (Å²) in [6, 6.07) is 12.6. The van der Waals surface area contributed by atoms with Crippen LogP contribution in [0.25, 0.3) is 10.9 Å². The number of nitrogens with zero attached hydrogens (tertiary/aromatic N) is 1.